The lowest BCUT2D eigenvalue weighted by Crippen LogP contribution is -2.36. The Balaban J connectivity index is 1.70. The number of halogens is 3. The zero-order valence-electron chi connectivity index (χ0n) is 16.5. The van der Waals surface area contributed by atoms with Crippen LogP contribution in [0.15, 0.2) is 78.9 Å². The van der Waals surface area contributed by atoms with Crippen LogP contribution in [0.5, 0.6) is 0 Å². The van der Waals surface area contributed by atoms with Gasteiger partial charge in [0.2, 0.25) is 5.91 Å². The molecule has 5 heteroatoms. The lowest BCUT2D eigenvalue weighted by atomic mass is 9.81. The van der Waals surface area contributed by atoms with E-state index in [1.807, 2.05) is 59.5 Å². The third kappa shape index (κ3) is 3.70. The number of hydrogen-bond donors (Lipinski definition) is 0. The number of carbonyl (C=O) groups is 1. The first kappa shape index (κ1) is 20.4. The average Bonchev–Trinajstić information content (AvgIpc) is 2.78. The average molecular weight is 467 g/mol. The van der Waals surface area contributed by atoms with E-state index >= 15 is 0 Å². The summed E-state index contributed by atoms with van der Waals surface area (Å²) in [7, 11) is 0. The topological polar surface area (TPSA) is 20.3 Å². The smallest absolute Gasteiger partial charge is 0.228 e. The largest absolute Gasteiger partial charge is 0.308 e. The highest BCUT2D eigenvalue weighted by molar-refractivity contribution is 6.42. The van der Waals surface area contributed by atoms with Gasteiger partial charge in [0.15, 0.2) is 0 Å². The van der Waals surface area contributed by atoms with Crippen LogP contribution in [-0.2, 0) is 11.3 Å². The molecular weight excluding hydrogens is 449 g/mol. The Labute approximate surface area is 196 Å². The molecule has 0 aromatic heterocycles. The number of nitrogens with zero attached hydrogens (tertiary/aromatic N) is 1. The molecule has 1 aliphatic rings. The lowest BCUT2D eigenvalue weighted by Gasteiger charge is -2.36. The normalized spacial score (nSPS) is 15.9. The van der Waals surface area contributed by atoms with E-state index in [4.69, 9.17) is 34.8 Å². The third-order valence-corrected chi connectivity index (χ3v) is 6.96. The van der Waals surface area contributed by atoms with Gasteiger partial charge in [0.1, 0.15) is 0 Å². The first-order valence-corrected chi connectivity index (χ1v) is 11.2. The molecule has 1 amide bonds. The van der Waals surface area contributed by atoms with Crippen LogP contribution >= 0.6 is 34.8 Å². The van der Waals surface area contributed by atoms with E-state index < -0.39 is 0 Å². The van der Waals surface area contributed by atoms with E-state index in [-0.39, 0.29) is 11.8 Å². The number of fused-ring (bicyclic) bond motifs is 3. The lowest BCUT2D eigenvalue weighted by molar-refractivity contribution is -0.119. The van der Waals surface area contributed by atoms with E-state index in [0.29, 0.717) is 28.0 Å². The van der Waals surface area contributed by atoms with E-state index in [9.17, 15) is 4.79 Å². The van der Waals surface area contributed by atoms with Crippen molar-refractivity contribution in [3.63, 3.8) is 0 Å². The summed E-state index contributed by atoms with van der Waals surface area (Å²) in [4.78, 5) is 15.2. The van der Waals surface area contributed by atoms with E-state index in [1.54, 1.807) is 6.07 Å². The third-order valence-electron chi connectivity index (χ3n) is 5.88. The predicted molar refractivity (Wildman–Crippen MR) is 130 cm³/mol. The van der Waals surface area contributed by atoms with Crippen molar-refractivity contribution in [1.29, 1.82) is 0 Å². The van der Waals surface area contributed by atoms with Crippen molar-refractivity contribution in [2.24, 2.45) is 0 Å². The molecule has 0 saturated carbocycles. The monoisotopic (exact) mass is 465 g/mol. The van der Waals surface area contributed by atoms with Crippen LogP contribution in [0.25, 0.3) is 10.8 Å². The van der Waals surface area contributed by atoms with Crippen LogP contribution in [0.3, 0.4) is 0 Å². The minimum Gasteiger partial charge on any atom is -0.308 e. The number of benzene rings is 4. The van der Waals surface area contributed by atoms with Gasteiger partial charge in [-0.2, -0.15) is 0 Å². The van der Waals surface area contributed by atoms with Crippen LogP contribution in [0, 0.1) is 0 Å². The number of rotatable bonds is 3. The first-order valence-electron chi connectivity index (χ1n) is 10.0. The molecule has 0 spiro atoms. The van der Waals surface area contributed by atoms with Crippen molar-refractivity contribution >= 4 is 57.2 Å². The Bertz CT molecular complexity index is 1300. The summed E-state index contributed by atoms with van der Waals surface area (Å²) in [6, 6.07) is 25.6. The highest BCUT2D eigenvalue weighted by atomic mass is 35.5. The molecule has 1 atom stereocenters. The van der Waals surface area contributed by atoms with Crippen LogP contribution in [0.4, 0.5) is 5.69 Å². The van der Waals surface area contributed by atoms with Crippen molar-refractivity contribution in [2.45, 2.75) is 18.9 Å². The molecule has 2 nitrogen and oxygen atoms in total. The fourth-order valence-electron chi connectivity index (χ4n) is 4.41. The predicted octanol–water partition coefficient (Wildman–Crippen LogP) is 7.87. The summed E-state index contributed by atoms with van der Waals surface area (Å²) < 4.78 is 0. The molecule has 0 bridgehead atoms. The molecule has 154 valence electrons. The molecule has 0 radical (unpaired) electrons. The quantitative estimate of drug-likeness (QED) is 0.301. The van der Waals surface area contributed by atoms with Gasteiger partial charge in [0.05, 0.1) is 16.6 Å². The maximum absolute atomic E-state index is 13.4. The molecule has 1 unspecified atom stereocenters. The Hall–Kier alpha value is -2.52. The fraction of sp³-hybridized carbons (Fsp3) is 0.115. The summed E-state index contributed by atoms with van der Waals surface area (Å²) in [5.41, 5.74) is 3.92. The van der Waals surface area contributed by atoms with E-state index in [2.05, 4.69) is 18.2 Å². The first-order chi connectivity index (χ1) is 15.0. The molecule has 0 N–H and O–H groups in total. The standard InChI is InChI=1S/C26H18Cl3NO/c27-18-11-8-16(9-12-18)15-30-23-13-10-17-4-1-2-5-19(17)25(23)21(14-24(30)31)20-6-3-7-22(28)26(20)29/h1-13,21H,14-15H2. The minimum atomic E-state index is -0.165. The molecule has 0 aliphatic carbocycles. The van der Waals surface area contributed by atoms with Crippen molar-refractivity contribution in [3.05, 3.63) is 111 Å². The van der Waals surface area contributed by atoms with E-state index in [0.717, 1.165) is 33.2 Å². The molecule has 0 fully saturated rings. The van der Waals surface area contributed by atoms with Crippen molar-refractivity contribution < 1.29 is 4.79 Å². The van der Waals surface area contributed by atoms with Gasteiger partial charge in [-0.1, -0.05) is 89.4 Å². The van der Waals surface area contributed by atoms with E-state index in [1.165, 1.54) is 0 Å². The summed E-state index contributed by atoms with van der Waals surface area (Å²) in [5.74, 6) is -0.111. The summed E-state index contributed by atoms with van der Waals surface area (Å²) >= 11 is 19.0. The number of carbonyl (C=O) groups excluding carboxylic acids is 1. The second kappa shape index (κ2) is 8.20. The number of hydrogen-bond acceptors (Lipinski definition) is 1. The highest BCUT2D eigenvalue weighted by Gasteiger charge is 2.34. The molecule has 31 heavy (non-hydrogen) atoms. The molecule has 5 rings (SSSR count). The summed E-state index contributed by atoms with van der Waals surface area (Å²) in [5, 5.41) is 3.93. The second-order valence-corrected chi connectivity index (χ2v) is 8.95. The van der Waals surface area contributed by atoms with Gasteiger partial charge in [-0.05, 0) is 51.7 Å². The molecule has 1 heterocycles. The van der Waals surface area contributed by atoms with Gasteiger partial charge < -0.3 is 4.90 Å². The Morgan fingerprint density at radius 3 is 2.42 bits per heavy atom. The molecule has 0 saturated heterocycles. The van der Waals surface area contributed by atoms with Crippen molar-refractivity contribution in [3.8, 4) is 0 Å². The van der Waals surface area contributed by atoms with Crippen molar-refractivity contribution in [2.75, 3.05) is 4.90 Å². The molecule has 4 aromatic carbocycles. The van der Waals surface area contributed by atoms with Crippen LogP contribution in [0.2, 0.25) is 15.1 Å². The van der Waals surface area contributed by atoms with Crippen molar-refractivity contribution in [1.82, 2.24) is 0 Å². The van der Waals surface area contributed by atoms with Gasteiger partial charge in [0, 0.05) is 23.0 Å². The molecule has 1 aliphatic heterocycles. The Morgan fingerprint density at radius 1 is 0.839 bits per heavy atom. The Kier molecular flexibility index (Phi) is 5.39. The SMILES string of the molecule is O=C1CC(c2cccc(Cl)c2Cl)c2c(ccc3ccccc23)N1Cc1ccc(Cl)cc1. The number of amides is 1. The Morgan fingerprint density at radius 2 is 1.61 bits per heavy atom. The zero-order chi connectivity index (χ0) is 21.5. The second-order valence-electron chi connectivity index (χ2n) is 7.73. The highest BCUT2D eigenvalue weighted by Crippen LogP contribution is 2.47. The maximum Gasteiger partial charge on any atom is 0.228 e. The molecular formula is C26H18Cl3NO. The summed E-state index contributed by atoms with van der Waals surface area (Å²) in [6.07, 6.45) is 0.328. The zero-order valence-corrected chi connectivity index (χ0v) is 18.8. The minimum absolute atomic E-state index is 0.0544. The van der Waals surface area contributed by atoms with Gasteiger partial charge in [-0.15, -0.1) is 0 Å². The van der Waals surface area contributed by atoms with Gasteiger partial charge >= 0.3 is 0 Å². The number of anilines is 1. The van der Waals surface area contributed by atoms with Crippen LogP contribution < -0.4 is 4.90 Å². The van der Waals surface area contributed by atoms with Gasteiger partial charge in [-0.25, -0.2) is 0 Å². The van der Waals surface area contributed by atoms with Crippen LogP contribution in [-0.4, -0.2) is 5.91 Å². The van der Waals surface area contributed by atoms with Gasteiger partial charge in [0.25, 0.3) is 0 Å². The fourth-order valence-corrected chi connectivity index (χ4v) is 4.97. The summed E-state index contributed by atoms with van der Waals surface area (Å²) in [6.45, 7) is 0.483. The van der Waals surface area contributed by atoms with Gasteiger partial charge in [-0.3, -0.25) is 4.79 Å². The maximum atomic E-state index is 13.4. The van der Waals surface area contributed by atoms with Crippen LogP contribution in [0.1, 0.15) is 29.0 Å². The molecule has 4 aromatic rings.